The van der Waals surface area contributed by atoms with Crippen LogP contribution in [0.4, 0.5) is 11.4 Å². The first-order valence-corrected chi connectivity index (χ1v) is 12.5. The molecule has 2 saturated carbocycles. The fourth-order valence-corrected chi connectivity index (χ4v) is 6.70. The number of imide groups is 1. The molecule has 0 spiro atoms. The van der Waals surface area contributed by atoms with Gasteiger partial charge in [-0.15, -0.1) is 0 Å². The number of carbonyl (C=O) groups is 4. The molecule has 2 aliphatic carbocycles. The summed E-state index contributed by atoms with van der Waals surface area (Å²) in [5.41, 5.74) is 0.952. The Morgan fingerprint density at radius 1 is 0.914 bits per heavy atom. The van der Waals surface area contributed by atoms with Gasteiger partial charge < -0.3 is 9.64 Å². The first-order chi connectivity index (χ1) is 16.8. The summed E-state index contributed by atoms with van der Waals surface area (Å²) >= 11 is 12.3. The summed E-state index contributed by atoms with van der Waals surface area (Å²) in [6, 6.07) is 11.2. The monoisotopic (exact) mass is 512 g/mol. The molecular weight excluding hydrogens is 491 g/mol. The molecule has 2 aromatic carbocycles. The maximum Gasteiger partial charge on any atom is 0.316 e. The van der Waals surface area contributed by atoms with E-state index in [4.69, 9.17) is 27.9 Å². The first kappa shape index (κ1) is 22.6. The smallest absolute Gasteiger partial charge is 0.316 e. The van der Waals surface area contributed by atoms with E-state index in [-0.39, 0.29) is 48.3 Å². The van der Waals surface area contributed by atoms with Gasteiger partial charge in [-0.2, -0.15) is 0 Å². The number of hydrogen-bond acceptors (Lipinski definition) is 5. The Kier molecular flexibility index (Phi) is 5.38. The van der Waals surface area contributed by atoms with Gasteiger partial charge in [0.25, 0.3) is 0 Å². The van der Waals surface area contributed by atoms with Gasteiger partial charge in [-0.05, 0) is 73.6 Å². The van der Waals surface area contributed by atoms with Crippen molar-refractivity contribution < 1.29 is 23.9 Å². The number of hydrogen-bond donors (Lipinski definition) is 0. The van der Waals surface area contributed by atoms with Gasteiger partial charge in [0.05, 0.1) is 34.2 Å². The molecule has 3 amide bonds. The van der Waals surface area contributed by atoms with Crippen LogP contribution in [0.15, 0.2) is 42.5 Å². The Morgan fingerprint density at radius 3 is 2.23 bits per heavy atom. The maximum atomic E-state index is 13.0. The van der Waals surface area contributed by atoms with Crippen LogP contribution in [-0.4, -0.2) is 30.2 Å². The second-order valence-electron chi connectivity index (χ2n) is 9.81. The molecule has 2 heterocycles. The van der Waals surface area contributed by atoms with Crippen LogP contribution in [0.1, 0.15) is 25.7 Å². The second kappa shape index (κ2) is 8.35. The van der Waals surface area contributed by atoms with Crippen molar-refractivity contribution in [3.05, 3.63) is 52.5 Å². The van der Waals surface area contributed by atoms with Crippen LogP contribution in [0.2, 0.25) is 10.0 Å². The number of carbonyl (C=O) groups excluding carboxylic acids is 4. The van der Waals surface area contributed by atoms with Crippen LogP contribution in [0.5, 0.6) is 5.75 Å². The molecule has 2 aromatic rings. The van der Waals surface area contributed by atoms with E-state index in [9.17, 15) is 19.2 Å². The molecule has 0 unspecified atom stereocenters. The lowest BCUT2D eigenvalue weighted by Crippen LogP contribution is -2.32. The van der Waals surface area contributed by atoms with Crippen molar-refractivity contribution in [1.29, 1.82) is 0 Å². The van der Waals surface area contributed by atoms with Crippen LogP contribution in [-0.2, 0) is 19.2 Å². The SMILES string of the molecule is O=C(Oc1ccc(N2C(=O)[C@@H]3[C@H]4CC[C@@H](C4)[C@@H]3C2=O)cc1)[C@@H]1CC(=O)N(c2cc(Cl)ccc2Cl)C1. The van der Waals surface area contributed by atoms with Crippen molar-refractivity contribution in [2.75, 3.05) is 16.3 Å². The number of benzene rings is 2. The van der Waals surface area contributed by atoms with Gasteiger partial charge in [0, 0.05) is 18.0 Å². The van der Waals surface area contributed by atoms with Crippen molar-refractivity contribution in [2.45, 2.75) is 25.7 Å². The maximum absolute atomic E-state index is 13.0. The van der Waals surface area contributed by atoms with Gasteiger partial charge in [0.1, 0.15) is 5.75 Å². The topological polar surface area (TPSA) is 84.0 Å². The summed E-state index contributed by atoms with van der Waals surface area (Å²) in [7, 11) is 0. The zero-order valence-electron chi connectivity index (χ0n) is 18.7. The second-order valence-corrected chi connectivity index (χ2v) is 10.7. The Labute approximate surface area is 211 Å². The minimum atomic E-state index is -0.659. The van der Waals surface area contributed by atoms with E-state index < -0.39 is 11.9 Å². The molecule has 2 saturated heterocycles. The van der Waals surface area contributed by atoms with E-state index in [0.29, 0.717) is 33.3 Å². The van der Waals surface area contributed by atoms with E-state index in [1.165, 1.54) is 9.80 Å². The molecule has 2 aliphatic heterocycles. The number of rotatable bonds is 4. The standard InChI is InChI=1S/C26H22Cl2N2O5/c27-16-3-8-19(28)20(11-16)29-12-15(10-21(29)31)26(34)35-18-6-4-17(5-7-18)30-24(32)22-13-1-2-14(9-13)23(22)25(30)33/h3-8,11,13-15,22-23H,1-2,9-10,12H2/t13-,14-,15+,22-,23+/m0/s1. The number of nitrogens with zero attached hydrogens (tertiary/aromatic N) is 2. The molecule has 0 radical (unpaired) electrons. The Morgan fingerprint density at radius 2 is 1.57 bits per heavy atom. The van der Waals surface area contributed by atoms with Gasteiger partial charge in [-0.25, -0.2) is 0 Å². The molecule has 2 bridgehead atoms. The summed E-state index contributed by atoms with van der Waals surface area (Å²) in [4.78, 5) is 54.1. The van der Waals surface area contributed by atoms with Crippen molar-refractivity contribution in [3.63, 3.8) is 0 Å². The molecule has 35 heavy (non-hydrogen) atoms. The average Bonchev–Trinajstić information content (AvgIpc) is 3.60. The van der Waals surface area contributed by atoms with Crippen LogP contribution in [0.3, 0.4) is 0 Å². The number of halogens is 2. The third kappa shape index (κ3) is 3.64. The summed E-state index contributed by atoms with van der Waals surface area (Å²) in [5, 5.41) is 0.810. The summed E-state index contributed by atoms with van der Waals surface area (Å²) < 4.78 is 5.51. The normalized spacial score (nSPS) is 29.3. The zero-order chi connectivity index (χ0) is 24.4. The van der Waals surface area contributed by atoms with E-state index in [1.54, 1.807) is 42.5 Å². The predicted octanol–water partition coefficient (Wildman–Crippen LogP) is 4.49. The average molecular weight is 513 g/mol. The zero-order valence-corrected chi connectivity index (χ0v) is 20.2. The lowest BCUT2D eigenvalue weighted by atomic mass is 9.81. The lowest BCUT2D eigenvalue weighted by molar-refractivity contribution is -0.139. The van der Waals surface area contributed by atoms with E-state index >= 15 is 0 Å². The third-order valence-electron chi connectivity index (χ3n) is 7.90. The quantitative estimate of drug-likeness (QED) is 0.342. The molecule has 180 valence electrons. The lowest BCUT2D eigenvalue weighted by Gasteiger charge is -2.19. The highest BCUT2D eigenvalue weighted by Gasteiger charge is 2.61. The minimum absolute atomic E-state index is 0.00164. The highest BCUT2D eigenvalue weighted by molar-refractivity contribution is 6.36. The molecular formula is C26H22Cl2N2O5. The minimum Gasteiger partial charge on any atom is -0.426 e. The number of anilines is 2. The molecule has 4 aliphatic rings. The van der Waals surface area contributed by atoms with Crippen LogP contribution in [0.25, 0.3) is 0 Å². The Balaban J connectivity index is 1.13. The van der Waals surface area contributed by atoms with Crippen molar-refractivity contribution in [2.24, 2.45) is 29.6 Å². The first-order valence-electron chi connectivity index (χ1n) is 11.8. The molecule has 9 heteroatoms. The van der Waals surface area contributed by atoms with E-state index in [2.05, 4.69) is 0 Å². The fraction of sp³-hybridized carbons (Fsp3) is 0.385. The van der Waals surface area contributed by atoms with Crippen molar-refractivity contribution in [1.82, 2.24) is 0 Å². The van der Waals surface area contributed by atoms with Gasteiger partial charge >= 0.3 is 5.97 Å². The Hall–Kier alpha value is -2.90. The fourth-order valence-electron chi connectivity index (χ4n) is 6.32. The highest BCUT2D eigenvalue weighted by atomic mass is 35.5. The van der Waals surface area contributed by atoms with Gasteiger partial charge in [0.2, 0.25) is 17.7 Å². The molecule has 7 nitrogen and oxygen atoms in total. The third-order valence-corrected chi connectivity index (χ3v) is 8.45. The predicted molar refractivity (Wildman–Crippen MR) is 129 cm³/mol. The van der Waals surface area contributed by atoms with Gasteiger partial charge in [0.15, 0.2) is 0 Å². The van der Waals surface area contributed by atoms with Crippen LogP contribution in [0, 0.1) is 29.6 Å². The molecule has 5 atom stereocenters. The molecule has 4 fully saturated rings. The van der Waals surface area contributed by atoms with Crippen molar-refractivity contribution >= 4 is 58.3 Å². The number of esters is 1. The highest BCUT2D eigenvalue weighted by Crippen LogP contribution is 2.56. The van der Waals surface area contributed by atoms with Crippen molar-refractivity contribution in [3.8, 4) is 5.75 Å². The Bertz CT molecular complexity index is 1230. The number of ether oxygens (including phenoxy) is 1. The molecule has 0 N–H and O–H groups in total. The van der Waals surface area contributed by atoms with Gasteiger partial charge in [-0.1, -0.05) is 23.2 Å². The molecule has 6 rings (SSSR count). The van der Waals surface area contributed by atoms with Gasteiger partial charge in [-0.3, -0.25) is 24.1 Å². The largest absolute Gasteiger partial charge is 0.426 e. The summed E-state index contributed by atoms with van der Waals surface area (Å²) in [5.74, 6) is -1.10. The molecule has 0 aromatic heterocycles. The van der Waals surface area contributed by atoms with E-state index in [0.717, 1.165) is 19.3 Å². The van der Waals surface area contributed by atoms with E-state index in [1.807, 2.05) is 0 Å². The summed E-state index contributed by atoms with van der Waals surface area (Å²) in [6.45, 7) is 0.137. The van der Waals surface area contributed by atoms with Crippen LogP contribution < -0.4 is 14.5 Å². The summed E-state index contributed by atoms with van der Waals surface area (Å²) in [6.07, 6.45) is 3.04. The number of fused-ring (bicyclic) bond motifs is 5. The number of amides is 3. The van der Waals surface area contributed by atoms with Crippen LogP contribution >= 0.6 is 23.2 Å².